The first-order chi connectivity index (χ1) is 13.4. The van der Waals surface area contributed by atoms with Gasteiger partial charge >= 0.3 is 18.0 Å². The molecule has 1 aliphatic heterocycles. The molecule has 1 heterocycles. The Balaban J connectivity index is 2.94. The van der Waals surface area contributed by atoms with E-state index in [-0.39, 0.29) is 5.92 Å². The second kappa shape index (κ2) is 10.4. The summed E-state index contributed by atoms with van der Waals surface area (Å²) >= 11 is 0. The third kappa shape index (κ3) is 6.06. The summed E-state index contributed by atoms with van der Waals surface area (Å²) in [5.41, 5.74) is 0. The second-order valence-electron chi connectivity index (χ2n) is 7.85. The normalized spacial score (nSPS) is 21.0. The largest absolute Gasteiger partial charge is 0.467 e. The Hall–Kier alpha value is -2.36. The topological polar surface area (TPSA) is 111 Å². The van der Waals surface area contributed by atoms with Crippen LogP contribution < -0.4 is 0 Å². The molecule has 29 heavy (non-hydrogen) atoms. The van der Waals surface area contributed by atoms with Crippen molar-refractivity contribution < 1.29 is 29.0 Å². The standard InChI is InChI=1S/C19H34N4O6/c1-12(24)10-14-8-9-23(15(11-14)17(26)29-7)16(25)13(2)21(5)19(28)22(6)18(27)20(3)4/h12-15,24H,8-11H2,1-7H3/t12?,13-,14?,15-/m0/s1. The highest BCUT2D eigenvalue weighted by Gasteiger charge is 2.40. The molecule has 1 N–H and O–H groups in total. The number of aliphatic hydroxyl groups excluding tert-OH is 1. The summed E-state index contributed by atoms with van der Waals surface area (Å²) < 4.78 is 4.87. The molecule has 1 aliphatic rings. The maximum absolute atomic E-state index is 13.1. The molecule has 0 spiro atoms. The Morgan fingerprint density at radius 3 is 2.17 bits per heavy atom. The molecule has 10 nitrogen and oxygen atoms in total. The van der Waals surface area contributed by atoms with Crippen LogP contribution in [0.4, 0.5) is 9.59 Å². The van der Waals surface area contributed by atoms with Crippen molar-refractivity contribution in [3.8, 4) is 0 Å². The van der Waals surface area contributed by atoms with Gasteiger partial charge in [-0.25, -0.2) is 19.3 Å². The number of carbonyl (C=O) groups is 4. The smallest absolute Gasteiger partial charge is 0.328 e. The first-order valence-corrected chi connectivity index (χ1v) is 9.70. The predicted octanol–water partition coefficient (Wildman–Crippen LogP) is 0.591. The summed E-state index contributed by atoms with van der Waals surface area (Å²) in [5, 5.41) is 9.64. The van der Waals surface area contributed by atoms with Crippen molar-refractivity contribution in [3.63, 3.8) is 0 Å². The number of piperidine rings is 1. The first-order valence-electron chi connectivity index (χ1n) is 9.70. The van der Waals surface area contributed by atoms with Crippen molar-refractivity contribution in [2.45, 2.75) is 51.3 Å². The average molecular weight is 415 g/mol. The molecule has 0 aromatic rings. The van der Waals surface area contributed by atoms with E-state index in [9.17, 15) is 24.3 Å². The third-order valence-corrected chi connectivity index (χ3v) is 5.34. The van der Waals surface area contributed by atoms with E-state index in [1.807, 2.05) is 0 Å². The number of aliphatic hydroxyl groups is 1. The van der Waals surface area contributed by atoms with Crippen LogP contribution in [0.3, 0.4) is 0 Å². The van der Waals surface area contributed by atoms with Crippen LogP contribution in [0.15, 0.2) is 0 Å². The zero-order chi connectivity index (χ0) is 22.5. The Labute approximate surface area is 172 Å². The number of hydrogen-bond donors (Lipinski definition) is 1. The van der Waals surface area contributed by atoms with E-state index in [2.05, 4.69) is 0 Å². The number of rotatable bonds is 5. The van der Waals surface area contributed by atoms with E-state index in [1.54, 1.807) is 13.8 Å². The van der Waals surface area contributed by atoms with Gasteiger partial charge in [-0.1, -0.05) is 0 Å². The molecule has 0 aromatic carbocycles. The summed E-state index contributed by atoms with van der Waals surface area (Å²) in [6.45, 7) is 3.58. The number of hydrogen-bond acceptors (Lipinski definition) is 6. The SMILES string of the molecule is COC(=O)[C@@H]1CC(CC(C)O)CCN1C(=O)[C@H](C)N(C)C(=O)N(C)C(=O)N(C)C. The molecule has 166 valence electrons. The van der Waals surface area contributed by atoms with Gasteiger partial charge in [-0.3, -0.25) is 4.79 Å². The third-order valence-electron chi connectivity index (χ3n) is 5.34. The van der Waals surface area contributed by atoms with Crippen LogP contribution in [0, 0.1) is 5.92 Å². The van der Waals surface area contributed by atoms with Crippen molar-refractivity contribution in [2.24, 2.45) is 5.92 Å². The molecule has 0 bridgehead atoms. The summed E-state index contributed by atoms with van der Waals surface area (Å²) in [6, 6.07) is -2.77. The van der Waals surface area contributed by atoms with Gasteiger partial charge in [0.05, 0.1) is 13.2 Å². The Morgan fingerprint density at radius 1 is 1.10 bits per heavy atom. The maximum Gasteiger partial charge on any atom is 0.328 e. The molecule has 10 heteroatoms. The number of esters is 1. The molecule has 2 unspecified atom stereocenters. The van der Waals surface area contributed by atoms with Crippen LogP contribution in [-0.2, 0) is 14.3 Å². The van der Waals surface area contributed by atoms with E-state index in [0.29, 0.717) is 25.8 Å². The van der Waals surface area contributed by atoms with E-state index in [1.165, 1.54) is 50.0 Å². The summed E-state index contributed by atoms with van der Waals surface area (Å²) in [4.78, 5) is 54.8. The second-order valence-corrected chi connectivity index (χ2v) is 7.85. The molecule has 0 aromatic heterocycles. The highest BCUT2D eigenvalue weighted by Crippen LogP contribution is 2.28. The summed E-state index contributed by atoms with van der Waals surface area (Å²) in [6.07, 6.45) is 1.09. The van der Waals surface area contributed by atoms with Crippen LogP contribution in [0.25, 0.3) is 0 Å². The van der Waals surface area contributed by atoms with E-state index in [4.69, 9.17) is 4.74 Å². The molecular formula is C19H34N4O6. The van der Waals surface area contributed by atoms with Gasteiger partial charge in [0.2, 0.25) is 5.91 Å². The van der Waals surface area contributed by atoms with Gasteiger partial charge in [-0.2, -0.15) is 0 Å². The van der Waals surface area contributed by atoms with Crippen molar-refractivity contribution in [1.82, 2.24) is 19.6 Å². The van der Waals surface area contributed by atoms with Crippen molar-refractivity contribution >= 4 is 23.9 Å². The molecule has 0 aliphatic carbocycles. The minimum Gasteiger partial charge on any atom is -0.467 e. The zero-order valence-corrected chi connectivity index (χ0v) is 18.4. The minimum absolute atomic E-state index is 0.0988. The van der Waals surface area contributed by atoms with Gasteiger partial charge in [0.1, 0.15) is 12.1 Å². The van der Waals surface area contributed by atoms with E-state index in [0.717, 1.165) is 4.90 Å². The van der Waals surface area contributed by atoms with Gasteiger partial charge in [0, 0.05) is 34.7 Å². The molecule has 1 rings (SSSR count). The lowest BCUT2D eigenvalue weighted by Gasteiger charge is -2.40. The lowest BCUT2D eigenvalue weighted by atomic mass is 9.86. The maximum atomic E-state index is 13.1. The fourth-order valence-corrected chi connectivity index (χ4v) is 3.55. The number of methoxy groups -OCH3 is 1. The van der Waals surface area contributed by atoms with E-state index >= 15 is 0 Å². The highest BCUT2D eigenvalue weighted by atomic mass is 16.5. The fraction of sp³-hybridized carbons (Fsp3) is 0.789. The number of ether oxygens (including phenoxy) is 1. The van der Waals surface area contributed by atoms with Crippen LogP contribution in [0.5, 0.6) is 0 Å². The van der Waals surface area contributed by atoms with Crippen LogP contribution in [0.1, 0.15) is 33.1 Å². The summed E-state index contributed by atoms with van der Waals surface area (Å²) in [5.74, 6) is -0.811. The number of amides is 5. The number of urea groups is 2. The highest BCUT2D eigenvalue weighted by molar-refractivity contribution is 5.96. The van der Waals surface area contributed by atoms with Gasteiger partial charge in [0.15, 0.2) is 0 Å². The van der Waals surface area contributed by atoms with Gasteiger partial charge < -0.3 is 24.5 Å². The Morgan fingerprint density at radius 2 is 1.69 bits per heavy atom. The van der Waals surface area contributed by atoms with Crippen LogP contribution in [0.2, 0.25) is 0 Å². The van der Waals surface area contributed by atoms with Crippen molar-refractivity contribution in [1.29, 1.82) is 0 Å². The molecule has 1 fully saturated rings. The zero-order valence-electron chi connectivity index (χ0n) is 18.4. The molecule has 4 atom stereocenters. The summed E-state index contributed by atoms with van der Waals surface area (Å²) in [7, 11) is 7.11. The molecule has 1 saturated heterocycles. The lowest BCUT2D eigenvalue weighted by Crippen LogP contribution is -2.58. The van der Waals surface area contributed by atoms with Crippen LogP contribution >= 0.6 is 0 Å². The molecule has 0 radical (unpaired) electrons. The van der Waals surface area contributed by atoms with Gasteiger partial charge in [-0.05, 0) is 39.0 Å². The predicted molar refractivity (Wildman–Crippen MR) is 106 cm³/mol. The number of imide groups is 1. The fourth-order valence-electron chi connectivity index (χ4n) is 3.55. The molecular weight excluding hydrogens is 380 g/mol. The van der Waals surface area contributed by atoms with Crippen molar-refractivity contribution in [3.05, 3.63) is 0 Å². The monoisotopic (exact) mass is 414 g/mol. The quantitative estimate of drug-likeness (QED) is 0.659. The number of nitrogens with zero attached hydrogens (tertiary/aromatic N) is 4. The number of likely N-dealkylation sites (tertiary alicyclic amines) is 1. The van der Waals surface area contributed by atoms with Crippen LogP contribution in [-0.4, -0.2) is 109 Å². The Kier molecular flexibility index (Phi) is 8.87. The van der Waals surface area contributed by atoms with Gasteiger partial charge in [0.25, 0.3) is 0 Å². The molecule has 0 saturated carbocycles. The Bertz CT molecular complexity index is 624. The number of carbonyl (C=O) groups excluding carboxylic acids is 4. The minimum atomic E-state index is -0.875. The van der Waals surface area contributed by atoms with Gasteiger partial charge in [-0.15, -0.1) is 0 Å². The van der Waals surface area contributed by atoms with E-state index < -0.39 is 42.1 Å². The molecule has 5 amide bonds. The number of likely N-dealkylation sites (N-methyl/N-ethyl adjacent to an activating group) is 1. The van der Waals surface area contributed by atoms with Crippen molar-refractivity contribution in [2.75, 3.05) is 41.8 Å². The lowest BCUT2D eigenvalue weighted by molar-refractivity contribution is -0.157. The first kappa shape index (κ1) is 24.7. The average Bonchev–Trinajstić information content (AvgIpc) is 2.69.